The Hall–Kier alpha value is -0.530. The summed E-state index contributed by atoms with van der Waals surface area (Å²) >= 11 is 5.65. The van der Waals surface area contributed by atoms with Crippen LogP contribution >= 0.6 is 11.6 Å². The van der Waals surface area contributed by atoms with Crippen LogP contribution < -0.4 is 5.73 Å². The van der Waals surface area contributed by atoms with Gasteiger partial charge in [0.25, 0.3) is 0 Å². The zero-order chi connectivity index (χ0) is 5.98. The highest BCUT2D eigenvalue weighted by atomic mass is 35.5. The molecular weight excluding hydrogens is 122 g/mol. The molecule has 0 heterocycles. The molecule has 1 aromatic rings. The second-order valence-electron chi connectivity index (χ2n) is 1.59. The highest BCUT2D eigenvalue weighted by Crippen LogP contribution is 2.13. The Bertz CT molecular complexity index is 165. The second-order valence-corrected chi connectivity index (χ2v) is 2.00. The molecule has 1 nitrogen and oxygen atoms in total. The Morgan fingerprint density at radius 1 is 1.25 bits per heavy atom. The molecule has 42 valence electrons. The summed E-state index contributed by atoms with van der Waals surface area (Å²) in [6.45, 7) is 0. The van der Waals surface area contributed by atoms with Crippen LogP contribution in [-0.4, -0.2) is 0 Å². The predicted octanol–water partition coefficient (Wildman–Crippen LogP) is 1.21. The fourth-order valence-corrected chi connectivity index (χ4v) is 0.634. The fraction of sp³-hybridized carbons (Fsp3) is 0. The van der Waals surface area contributed by atoms with Crippen molar-refractivity contribution in [3.8, 4) is 0 Å². The van der Waals surface area contributed by atoms with Gasteiger partial charge in [-0.05, 0) is 6.07 Å². The van der Waals surface area contributed by atoms with Crippen molar-refractivity contribution in [1.82, 2.24) is 0 Å². The first-order valence-electron chi connectivity index (χ1n) is 2.37. The zero-order valence-corrected chi connectivity index (χ0v) is 5.15. The van der Waals surface area contributed by atoms with Gasteiger partial charge in [0.05, 0.1) is 0 Å². The van der Waals surface area contributed by atoms with Crippen molar-refractivity contribution in [1.29, 1.82) is 0 Å². The van der Waals surface area contributed by atoms with Gasteiger partial charge in [0.2, 0.25) is 0 Å². The van der Waals surface area contributed by atoms with Gasteiger partial charge in [-0.1, -0.05) is 23.7 Å². The van der Waals surface area contributed by atoms with E-state index in [0.717, 1.165) is 10.7 Å². The maximum absolute atomic E-state index is 5.65. The lowest BCUT2D eigenvalue weighted by Crippen LogP contribution is -2.40. The molecule has 0 amide bonds. The minimum absolute atomic E-state index is 0.729. The number of benzene rings is 1. The zero-order valence-electron chi connectivity index (χ0n) is 4.39. The largest absolute Gasteiger partial charge is 0.324 e. The molecule has 0 bridgehead atoms. The molecule has 0 aliphatic heterocycles. The maximum Gasteiger partial charge on any atom is 0.146 e. The average molecular weight is 129 g/mol. The third-order valence-corrected chi connectivity index (χ3v) is 1.33. The standard InChI is InChI=1S/C6H6ClN/c7-5-3-1-2-4-6(5)8/h1-4H,8H2/p+1. The van der Waals surface area contributed by atoms with E-state index in [1.54, 1.807) is 0 Å². The second kappa shape index (κ2) is 2.16. The molecule has 0 atom stereocenters. The van der Waals surface area contributed by atoms with Crippen molar-refractivity contribution < 1.29 is 5.73 Å². The lowest BCUT2D eigenvalue weighted by atomic mass is 10.3. The molecule has 0 spiro atoms. The molecule has 0 saturated carbocycles. The van der Waals surface area contributed by atoms with E-state index >= 15 is 0 Å². The fourth-order valence-electron chi connectivity index (χ4n) is 0.498. The molecule has 0 unspecified atom stereocenters. The van der Waals surface area contributed by atoms with Gasteiger partial charge >= 0.3 is 0 Å². The van der Waals surface area contributed by atoms with Crippen LogP contribution in [0.3, 0.4) is 0 Å². The number of rotatable bonds is 0. The lowest BCUT2D eigenvalue weighted by Gasteiger charge is -1.86. The van der Waals surface area contributed by atoms with Crippen molar-refractivity contribution >= 4 is 17.3 Å². The van der Waals surface area contributed by atoms with E-state index in [1.165, 1.54) is 0 Å². The SMILES string of the molecule is [NH3+]c1ccccc1Cl. The monoisotopic (exact) mass is 128 g/mol. The van der Waals surface area contributed by atoms with Crippen molar-refractivity contribution in [2.45, 2.75) is 0 Å². The summed E-state index contributed by atoms with van der Waals surface area (Å²) in [5, 5.41) is 0.729. The Kier molecular flexibility index (Phi) is 1.51. The number of quaternary nitrogens is 1. The van der Waals surface area contributed by atoms with Crippen LogP contribution in [0.5, 0.6) is 0 Å². The summed E-state index contributed by atoms with van der Waals surface area (Å²) in [6, 6.07) is 7.50. The smallest absolute Gasteiger partial charge is 0.146 e. The van der Waals surface area contributed by atoms with E-state index in [9.17, 15) is 0 Å². The molecule has 0 radical (unpaired) electrons. The van der Waals surface area contributed by atoms with Gasteiger partial charge in [0.1, 0.15) is 10.7 Å². The highest BCUT2D eigenvalue weighted by Gasteiger charge is 1.91. The van der Waals surface area contributed by atoms with Crippen LogP contribution in [0.2, 0.25) is 5.02 Å². The van der Waals surface area contributed by atoms with Gasteiger partial charge in [-0.3, -0.25) is 0 Å². The predicted molar refractivity (Wildman–Crippen MR) is 34.0 cm³/mol. The van der Waals surface area contributed by atoms with Crippen molar-refractivity contribution in [2.24, 2.45) is 0 Å². The topological polar surface area (TPSA) is 27.6 Å². The first kappa shape index (κ1) is 5.60. The van der Waals surface area contributed by atoms with E-state index < -0.39 is 0 Å². The van der Waals surface area contributed by atoms with Crippen LogP contribution in [0, 0.1) is 0 Å². The molecular formula is C6H7ClN+. The van der Waals surface area contributed by atoms with Crippen molar-refractivity contribution in [3.05, 3.63) is 29.3 Å². The molecule has 3 N–H and O–H groups in total. The van der Waals surface area contributed by atoms with E-state index in [-0.39, 0.29) is 0 Å². The normalized spacial score (nSPS) is 9.25. The van der Waals surface area contributed by atoms with Crippen LogP contribution in [0.1, 0.15) is 0 Å². The molecule has 0 aliphatic carbocycles. The number of hydrogen-bond donors (Lipinski definition) is 1. The van der Waals surface area contributed by atoms with Gasteiger partial charge in [0, 0.05) is 6.07 Å². The van der Waals surface area contributed by atoms with E-state index in [1.807, 2.05) is 24.3 Å². The van der Waals surface area contributed by atoms with Crippen molar-refractivity contribution in [2.75, 3.05) is 0 Å². The van der Waals surface area contributed by atoms with E-state index in [4.69, 9.17) is 11.6 Å². The van der Waals surface area contributed by atoms with Crippen LogP contribution in [-0.2, 0) is 0 Å². The molecule has 0 fully saturated rings. The third kappa shape index (κ3) is 0.997. The van der Waals surface area contributed by atoms with Crippen LogP contribution in [0.4, 0.5) is 5.69 Å². The van der Waals surface area contributed by atoms with Crippen molar-refractivity contribution in [3.63, 3.8) is 0 Å². The maximum atomic E-state index is 5.65. The molecule has 0 saturated heterocycles. The number of halogens is 1. The van der Waals surface area contributed by atoms with Crippen LogP contribution in [0.25, 0.3) is 0 Å². The quantitative estimate of drug-likeness (QED) is 0.544. The van der Waals surface area contributed by atoms with Gasteiger partial charge in [0.15, 0.2) is 0 Å². The minimum Gasteiger partial charge on any atom is -0.324 e. The minimum atomic E-state index is 0.729. The molecule has 8 heavy (non-hydrogen) atoms. The van der Waals surface area contributed by atoms with Gasteiger partial charge in [-0.15, -0.1) is 0 Å². The summed E-state index contributed by atoms with van der Waals surface area (Å²) in [6.07, 6.45) is 0. The van der Waals surface area contributed by atoms with Gasteiger partial charge < -0.3 is 5.73 Å². The van der Waals surface area contributed by atoms with Gasteiger partial charge in [-0.2, -0.15) is 0 Å². The third-order valence-electron chi connectivity index (χ3n) is 0.958. The summed E-state index contributed by atoms with van der Waals surface area (Å²) in [5.74, 6) is 0. The Morgan fingerprint density at radius 2 is 1.88 bits per heavy atom. The lowest BCUT2D eigenvalue weighted by molar-refractivity contribution is -0.254. The Balaban J connectivity index is 3.13. The van der Waals surface area contributed by atoms with E-state index in [0.29, 0.717) is 0 Å². The van der Waals surface area contributed by atoms with Gasteiger partial charge in [-0.25, -0.2) is 0 Å². The average Bonchev–Trinajstić information content (AvgIpc) is 1.77. The first-order valence-corrected chi connectivity index (χ1v) is 2.75. The molecule has 0 aliphatic rings. The highest BCUT2D eigenvalue weighted by molar-refractivity contribution is 6.32. The summed E-state index contributed by atoms with van der Waals surface area (Å²) in [7, 11) is 0. The summed E-state index contributed by atoms with van der Waals surface area (Å²) in [5.41, 5.74) is 4.57. The molecule has 1 aromatic carbocycles. The summed E-state index contributed by atoms with van der Waals surface area (Å²) in [4.78, 5) is 0. The molecule has 2 heteroatoms. The summed E-state index contributed by atoms with van der Waals surface area (Å²) < 4.78 is 0. The first-order chi connectivity index (χ1) is 3.80. The number of hydrogen-bond acceptors (Lipinski definition) is 0. The van der Waals surface area contributed by atoms with Crippen LogP contribution in [0.15, 0.2) is 24.3 Å². The Labute approximate surface area is 53.1 Å². The van der Waals surface area contributed by atoms with E-state index in [2.05, 4.69) is 5.73 Å². The molecule has 0 aromatic heterocycles. The molecule has 1 rings (SSSR count). The Morgan fingerprint density at radius 3 is 2.25 bits per heavy atom.